The van der Waals surface area contributed by atoms with Crippen molar-refractivity contribution in [2.75, 3.05) is 19.6 Å². The van der Waals surface area contributed by atoms with Crippen LogP contribution in [-0.4, -0.2) is 29.1 Å². The third kappa shape index (κ3) is 4.91. The second-order valence-electron chi connectivity index (χ2n) is 6.12. The highest BCUT2D eigenvalue weighted by atomic mass is 32.1. The van der Waals surface area contributed by atoms with Gasteiger partial charge in [-0.1, -0.05) is 19.9 Å². The lowest BCUT2D eigenvalue weighted by Crippen LogP contribution is -2.26. The maximum absolute atomic E-state index is 14.1. The molecule has 3 rings (SSSR count). The van der Waals surface area contributed by atoms with Crippen molar-refractivity contribution >= 4 is 28.4 Å². The van der Waals surface area contributed by atoms with Crippen molar-refractivity contribution in [3.05, 3.63) is 57.5 Å². The molecule has 0 aliphatic carbocycles. The smallest absolute Gasteiger partial charge is 0.190 e. The van der Waals surface area contributed by atoms with Gasteiger partial charge >= 0.3 is 0 Å². The van der Waals surface area contributed by atoms with Crippen LogP contribution in [0.5, 0.6) is 0 Å². The lowest BCUT2D eigenvalue weighted by Gasteiger charge is -2.18. The first-order chi connectivity index (χ1) is 13.1. The second-order valence-corrected chi connectivity index (χ2v) is 7.90. The quantitative estimate of drug-likeness (QED) is 0.481. The van der Waals surface area contributed by atoms with Gasteiger partial charge in [0.15, 0.2) is 10.6 Å². The van der Waals surface area contributed by atoms with Crippen LogP contribution in [0.25, 0.3) is 10.6 Å². The molecule has 0 N–H and O–H groups in total. The average Bonchev–Trinajstić information content (AvgIpc) is 3.31. The highest BCUT2D eigenvalue weighted by Gasteiger charge is 2.11. The largest absolute Gasteiger partial charge is 0.316 e. The maximum Gasteiger partial charge on any atom is 0.190 e. The molecule has 0 bridgehead atoms. The first-order valence-electron chi connectivity index (χ1n) is 9.06. The summed E-state index contributed by atoms with van der Waals surface area (Å²) in [5, 5.41) is 4.10. The van der Waals surface area contributed by atoms with E-state index in [-0.39, 0.29) is 5.69 Å². The van der Waals surface area contributed by atoms with E-state index in [0.717, 1.165) is 54.0 Å². The molecule has 0 spiro atoms. The van der Waals surface area contributed by atoms with Crippen LogP contribution in [0.3, 0.4) is 0 Å². The van der Waals surface area contributed by atoms with Gasteiger partial charge in [-0.2, -0.15) is 0 Å². The molecular weight excluding hydrogens is 384 g/mol. The molecule has 0 radical (unpaired) electrons. The number of thiophene rings is 1. The van der Waals surface area contributed by atoms with Crippen LogP contribution < -0.4 is 4.80 Å². The summed E-state index contributed by atoms with van der Waals surface area (Å²) in [6, 6.07) is 7.59. The van der Waals surface area contributed by atoms with Crippen molar-refractivity contribution in [3.8, 4) is 10.6 Å². The van der Waals surface area contributed by atoms with Gasteiger partial charge in [-0.15, -0.1) is 22.7 Å². The van der Waals surface area contributed by atoms with Crippen LogP contribution in [0, 0.1) is 11.6 Å². The lowest BCUT2D eigenvalue weighted by molar-refractivity contribution is 0.293. The van der Waals surface area contributed by atoms with Gasteiger partial charge in [0.05, 0.1) is 10.6 Å². The summed E-state index contributed by atoms with van der Waals surface area (Å²) in [4.78, 5) is 8.75. The fourth-order valence-electron chi connectivity index (χ4n) is 2.92. The molecule has 3 nitrogen and oxygen atoms in total. The minimum atomic E-state index is -0.643. The predicted octanol–water partition coefficient (Wildman–Crippen LogP) is 5.52. The minimum Gasteiger partial charge on any atom is -0.316 e. The van der Waals surface area contributed by atoms with E-state index in [0.29, 0.717) is 0 Å². The van der Waals surface area contributed by atoms with Gasteiger partial charge in [0, 0.05) is 18.0 Å². The van der Waals surface area contributed by atoms with Crippen molar-refractivity contribution < 1.29 is 8.78 Å². The Kier molecular flexibility index (Phi) is 6.93. The van der Waals surface area contributed by atoms with Crippen LogP contribution in [0.15, 0.2) is 46.1 Å². The van der Waals surface area contributed by atoms with E-state index in [2.05, 4.69) is 39.8 Å². The van der Waals surface area contributed by atoms with Crippen LogP contribution in [0.2, 0.25) is 0 Å². The summed E-state index contributed by atoms with van der Waals surface area (Å²) in [6.07, 6.45) is 0.982. The molecule has 0 fully saturated rings. The third-order valence-corrected chi connectivity index (χ3v) is 6.20. The summed E-state index contributed by atoms with van der Waals surface area (Å²) in [6.45, 7) is 8.19. The van der Waals surface area contributed by atoms with Crippen molar-refractivity contribution in [3.63, 3.8) is 0 Å². The molecule has 7 heteroatoms. The number of halogens is 2. The Morgan fingerprint density at radius 2 is 1.93 bits per heavy atom. The zero-order chi connectivity index (χ0) is 19.2. The lowest BCUT2D eigenvalue weighted by atomic mass is 10.3. The zero-order valence-electron chi connectivity index (χ0n) is 15.5. The monoisotopic (exact) mass is 407 g/mol. The molecule has 2 aromatic heterocycles. The molecule has 0 atom stereocenters. The van der Waals surface area contributed by atoms with Gasteiger partial charge in [-0.3, -0.25) is 0 Å². The Morgan fingerprint density at radius 3 is 2.59 bits per heavy atom. The van der Waals surface area contributed by atoms with Crippen molar-refractivity contribution in [1.82, 2.24) is 9.47 Å². The second kappa shape index (κ2) is 9.39. The van der Waals surface area contributed by atoms with E-state index < -0.39 is 11.6 Å². The van der Waals surface area contributed by atoms with Crippen LogP contribution >= 0.6 is 22.7 Å². The molecule has 0 saturated heterocycles. The van der Waals surface area contributed by atoms with Crippen molar-refractivity contribution in [2.45, 2.75) is 26.8 Å². The standard InChI is InChI=1S/C20H23F2N3S2/c1-3-24(4-2)10-6-11-25-18(19-7-5-12-26-19)14-27-20(25)23-17-9-8-15(21)13-16(17)22/h5,7-9,12-14H,3-4,6,10-11H2,1-2H3. The van der Waals surface area contributed by atoms with E-state index in [1.54, 1.807) is 11.3 Å². The number of nitrogens with zero attached hydrogens (tertiary/aromatic N) is 3. The maximum atomic E-state index is 14.1. The fraction of sp³-hybridized carbons (Fsp3) is 0.350. The first kappa shape index (κ1) is 19.9. The Labute approximate surface area is 166 Å². The highest BCUT2D eigenvalue weighted by molar-refractivity contribution is 7.14. The van der Waals surface area contributed by atoms with Gasteiger partial charge in [-0.25, -0.2) is 13.8 Å². The molecule has 0 aliphatic heterocycles. The van der Waals surface area contributed by atoms with Gasteiger partial charge in [0.1, 0.15) is 11.5 Å². The van der Waals surface area contributed by atoms with Crippen LogP contribution in [-0.2, 0) is 6.54 Å². The van der Waals surface area contributed by atoms with E-state index in [9.17, 15) is 8.78 Å². The molecule has 0 saturated carbocycles. The van der Waals surface area contributed by atoms with Crippen molar-refractivity contribution in [1.29, 1.82) is 0 Å². The molecule has 2 heterocycles. The minimum absolute atomic E-state index is 0.161. The topological polar surface area (TPSA) is 20.5 Å². The van der Waals surface area contributed by atoms with E-state index in [4.69, 9.17) is 0 Å². The molecule has 0 amide bonds. The van der Waals surface area contributed by atoms with E-state index >= 15 is 0 Å². The van der Waals surface area contributed by atoms with Crippen LogP contribution in [0.1, 0.15) is 20.3 Å². The summed E-state index contributed by atoms with van der Waals surface area (Å²) in [5.41, 5.74) is 1.25. The van der Waals surface area contributed by atoms with E-state index in [1.807, 2.05) is 11.4 Å². The highest BCUT2D eigenvalue weighted by Crippen LogP contribution is 2.26. The first-order valence-corrected chi connectivity index (χ1v) is 10.8. The number of thiazole rings is 1. The number of rotatable bonds is 8. The summed E-state index contributed by atoms with van der Waals surface area (Å²) in [7, 11) is 0. The number of aromatic nitrogens is 1. The SMILES string of the molecule is CCN(CC)CCCn1c(-c2cccs2)csc1=Nc1ccc(F)cc1F. The van der Waals surface area contributed by atoms with E-state index in [1.165, 1.54) is 23.5 Å². The molecule has 27 heavy (non-hydrogen) atoms. The number of hydrogen-bond donors (Lipinski definition) is 0. The Bertz CT molecular complexity index is 925. The summed E-state index contributed by atoms with van der Waals surface area (Å²) < 4.78 is 29.4. The zero-order valence-corrected chi connectivity index (χ0v) is 17.1. The third-order valence-electron chi connectivity index (χ3n) is 4.45. The molecular formula is C20H23F2N3S2. The summed E-state index contributed by atoms with van der Waals surface area (Å²) >= 11 is 3.16. The molecule has 0 unspecified atom stereocenters. The predicted molar refractivity (Wildman–Crippen MR) is 110 cm³/mol. The normalized spacial score (nSPS) is 12.3. The average molecular weight is 408 g/mol. The number of hydrogen-bond acceptors (Lipinski definition) is 4. The van der Waals surface area contributed by atoms with Crippen molar-refractivity contribution in [2.24, 2.45) is 4.99 Å². The van der Waals surface area contributed by atoms with Gasteiger partial charge in [-0.05, 0) is 49.6 Å². The van der Waals surface area contributed by atoms with Gasteiger partial charge in [0.25, 0.3) is 0 Å². The van der Waals surface area contributed by atoms with Gasteiger partial charge < -0.3 is 9.47 Å². The summed E-state index contributed by atoms with van der Waals surface area (Å²) in [5.74, 6) is -1.24. The Hall–Kier alpha value is -1.83. The van der Waals surface area contributed by atoms with Gasteiger partial charge in [0.2, 0.25) is 0 Å². The number of benzene rings is 1. The molecule has 0 aliphatic rings. The molecule has 144 valence electrons. The molecule has 1 aromatic carbocycles. The fourth-order valence-corrected chi connectivity index (χ4v) is 4.69. The molecule has 3 aromatic rings. The Balaban J connectivity index is 1.95. The Morgan fingerprint density at radius 1 is 1.11 bits per heavy atom. The van der Waals surface area contributed by atoms with Crippen LogP contribution in [0.4, 0.5) is 14.5 Å².